The van der Waals surface area contributed by atoms with Crippen molar-refractivity contribution >= 4 is 57.3 Å². The zero-order valence-electron chi connectivity index (χ0n) is 17.6. The lowest BCUT2D eigenvalue weighted by molar-refractivity contribution is 0.0306. The molecule has 3 heterocycles. The predicted octanol–water partition coefficient (Wildman–Crippen LogP) is 5.85. The van der Waals surface area contributed by atoms with Gasteiger partial charge in [-0.1, -0.05) is 29.3 Å². The van der Waals surface area contributed by atoms with Gasteiger partial charge in [0.15, 0.2) is 5.82 Å². The summed E-state index contributed by atoms with van der Waals surface area (Å²) in [5.41, 5.74) is 1.67. The van der Waals surface area contributed by atoms with E-state index in [9.17, 15) is 9.18 Å². The van der Waals surface area contributed by atoms with Crippen LogP contribution in [0.25, 0.3) is 16.5 Å². The van der Waals surface area contributed by atoms with Crippen LogP contribution in [0.5, 0.6) is 0 Å². The highest BCUT2D eigenvalue weighted by Crippen LogP contribution is 2.33. The van der Waals surface area contributed by atoms with Gasteiger partial charge in [-0.2, -0.15) is 0 Å². The molecule has 0 bridgehead atoms. The highest BCUT2D eigenvalue weighted by atomic mass is 35.5. The van der Waals surface area contributed by atoms with Gasteiger partial charge in [-0.05, 0) is 44.5 Å². The van der Waals surface area contributed by atoms with Crippen molar-refractivity contribution in [2.75, 3.05) is 18.4 Å². The highest BCUT2D eigenvalue weighted by Gasteiger charge is 2.26. The van der Waals surface area contributed by atoms with Gasteiger partial charge in [0.2, 0.25) is 0 Å². The van der Waals surface area contributed by atoms with Gasteiger partial charge in [0, 0.05) is 11.9 Å². The number of halogens is 3. The van der Waals surface area contributed by atoms with Crippen LogP contribution in [-0.4, -0.2) is 44.6 Å². The van der Waals surface area contributed by atoms with Crippen LogP contribution in [0.15, 0.2) is 36.8 Å². The van der Waals surface area contributed by atoms with Crippen LogP contribution in [0.1, 0.15) is 26.5 Å². The van der Waals surface area contributed by atoms with E-state index in [0.29, 0.717) is 35.5 Å². The maximum atomic E-state index is 14.5. The SMILES string of the molecule is CC(C)(C)OC(=O)N1CC=C(c2cc3c(Nc4ccc(Cl)c(Cl)c4F)ncnc3cn2)C1. The van der Waals surface area contributed by atoms with E-state index in [-0.39, 0.29) is 21.8 Å². The topological polar surface area (TPSA) is 80.2 Å². The summed E-state index contributed by atoms with van der Waals surface area (Å²) in [5.74, 6) is -0.287. The Labute approximate surface area is 194 Å². The quantitative estimate of drug-likeness (QED) is 0.478. The molecular weight excluding hydrogens is 456 g/mol. The summed E-state index contributed by atoms with van der Waals surface area (Å²) in [7, 11) is 0. The number of pyridine rings is 1. The number of amides is 1. The molecule has 0 unspecified atom stereocenters. The lowest BCUT2D eigenvalue weighted by Gasteiger charge is -2.24. The van der Waals surface area contributed by atoms with Crippen LogP contribution >= 0.6 is 23.2 Å². The van der Waals surface area contributed by atoms with Gasteiger partial charge in [0.1, 0.15) is 17.7 Å². The first kappa shape index (κ1) is 22.2. The van der Waals surface area contributed by atoms with Crippen molar-refractivity contribution in [3.8, 4) is 0 Å². The predicted molar refractivity (Wildman–Crippen MR) is 123 cm³/mol. The van der Waals surface area contributed by atoms with Crippen molar-refractivity contribution in [3.63, 3.8) is 0 Å². The molecule has 0 saturated heterocycles. The molecule has 0 radical (unpaired) electrons. The molecule has 2 aromatic heterocycles. The van der Waals surface area contributed by atoms with Gasteiger partial charge in [-0.3, -0.25) is 4.98 Å². The summed E-state index contributed by atoms with van der Waals surface area (Å²) in [4.78, 5) is 26.9. The molecule has 0 fully saturated rings. The standard InChI is InChI=1S/C22H20Cl2FN5O2/c1-22(2,3)32-21(31)30-7-6-12(10-30)16-8-13-17(9-26-16)27-11-28-20(13)29-15-5-4-14(23)18(24)19(15)25/h4-6,8-9,11H,7,10H2,1-3H3,(H,27,28,29). The summed E-state index contributed by atoms with van der Waals surface area (Å²) in [6.45, 7) is 6.27. The van der Waals surface area contributed by atoms with Gasteiger partial charge in [0.25, 0.3) is 0 Å². The molecule has 0 spiro atoms. The Balaban J connectivity index is 1.61. The third-order valence-corrected chi connectivity index (χ3v) is 5.49. The summed E-state index contributed by atoms with van der Waals surface area (Å²) in [6.07, 6.45) is 4.51. The molecule has 10 heteroatoms. The average molecular weight is 476 g/mol. The maximum Gasteiger partial charge on any atom is 0.410 e. The Morgan fingerprint density at radius 3 is 2.75 bits per heavy atom. The van der Waals surface area contributed by atoms with E-state index in [1.807, 2.05) is 26.8 Å². The van der Waals surface area contributed by atoms with Gasteiger partial charge >= 0.3 is 6.09 Å². The largest absolute Gasteiger partial charge is 0.444 e. The van der Waals surface area contributed by atoms with E-state index in [4.69, 9.17) is 27.9 Å². The fraction of sp³-hybridized carbons (Fsp3) is 0.273. The third kappa shape index (κ3) is 4.61. The first-order chi connectivity index (χ1) is 15.1. The minimum absolute atomic E-state index is 0.122. The van der Waals surface area contributed by atoms with E-state index in [1.54, 1.807) is 17.2 Å². The minimum atomic E-state index is -0.674. The first-order valence-corrected chi connectivity index (χ1v) is 10.6. The maximum absolute atomic E-state index is 14.5. The average Bonchev–Trinajstić information content (AvgIpc) is 3.23. The van der Waals surface area contributed by atoms with Crippen molar-refractivity contribution in [2.45, 2.75) is 26.4 Å². The number of hydrogen-bond donors (Lipinski definition) is 1. The second-order valence-electron chi connectivity index (χ2n) is 8.25. The number of aromatic nitrogens is 3. The zero-order chi connectivity index (χ0) is 23.0. The number of nitrogens with one attached hydrogen (secondary N) is 1. The van der Waals surface area contributed by atoms with Gasteiger partial charge in [-0.15, -0.1) is 0 Å². The van der Waals surface area contributed by atoms with Crippen LogP contribution in [0.4, 0.5) is 20.7 Å². The Bertz CT molecular complexity index is 1240. The number of carbonyl (C=O) groups is 1. The molecule has 4 rings (SSSR count). The fourth-order valence-electron chi connectivity index (χ4n) is 3.19. The van der Waals surface area contributed by atoms with Crippen molar-refractivity contribution in [2.24, 2.45) is 0 Å². The van der Waals surface area contributed by atoms with E-state index in [2.05, 4.69) is 20.3 Å². The van der Waals surface area contributed by atoms with Crippen molar-refractivity contribution in [3.05, 3.63) is 58.4 Å². The molecule has 0 aliphatic carbocycles. The normalized spacial score (nSPS) is 13.9. The van der Waals surface area contributed by atoms with Crippen LogP contribution < -0.4 is 5.32 Å². The lowest BCUT2D eigenvalue weighted by Crippen LogP contribution is -2.35. The summed E-state index contributed by atoms with van der Waals surface area (Å²) >= 11 is 11.8. The van der Waals surface area contributed by atoms with Gasteiger partial charge < -0.3 is 15.0 Å². The van der Waals surface area contributed by atoms with E-state index < -0.39 is 11.4 Å². The number of nitrogens with zero attached hydrogens (tertiary/aromatic N) is 4. The number of hydrogen-bond acceptors (Lipinski definition) is 6. The molecule has 166 valence electrons. The van der Waals surface area contributed by atoms with E-state index >= 15 is 0 Å². The second kappa shape index (κ2) is 8.52. The van der Waals surface area contributed by atoms with E-state index in [0.717, 1.165) is 5.57 Å². The summed E-state index contributed by atoms with van der Waals surface area (Å²) in [5, 5.41) is 3.54. The Morgan fingerprint density at radius 1 is 1.22 bits per heavy atom. The molecule has 0 saturated carbocycles. The monoisotopic (exact) mass is 475 g/mol. The van der Waals surface area contributed by atoms with Crippen LogP contribution in [0, 0.1) is 5.82 Å². The first-order valence-electron chi connectivity index (χ1n) is 9.81. The van der Waals surface area contributed by atoms with Crippen LogP contribution in [0.2, 0.25) is 10.0 Å². The van der Waals surface area contributed by atoms with Crippen LogP contribution in [-0.2, 0) is 4.74 Å². The molecule has 32 heavy (non-hydrogen) atoms. The summed E-state index contributed by atoms with van der Waals surface area (Å²) < 4.78 is 20.0. The van der Waals surface area contributed by atoms with Gasteiger partial charge in [0.05, 0.1) is 39.7 Å². The number of ether oxygens (including phenoxy) is 1. The van der Waals surface area contributed by atoms with Crippen molar-refractivity contribution in [1.82, 2.24) is 19.9 Å². The molecule has 1 aliphatic rings. The summed E-state index contributed by atoms with van der Waals surface area (Å²) in [6, 6.07) is 4.79. The molecule has 1 amide bonds. The number of fused-ring (bicyclic) bond motifs is 1. The molecule has 3 aromatic rings. The minimum Gasteiger partial charge on any atom is -0.444 e. The molecular formula is C22H20Cl2FN5O2. The molecule has 0 atom stereocenters. The number of anilines is 2. The van der Waals surface area contributed by atoms with Crippen molar-refractivity contribution in [1.29, 1.82) is 0 Å². The Kier molecular flexibility index (Phi) is 5.92. The smallest absolute Gasteiger partial charge is 0.410 e. The molecule has 1 aliphatic heterocycles. The number of carbonyl (C=O) groups excluding carboxylic acids is 1. The third-order valence-electron chi connectivity index (χ3n) is 4.71. The Hall–Kier alpha value is -2.97. The van der Waals surface area contributed by atoms with E-state index in [1.165, 1.54) is 18.5 Å². The second-order valence-corrected chi connectivity index (χ2v) is 9.03. The number of benzene rings is 1. The lowest BCUT2D eigenvalue weighted by atomic mass is 10.1. The molecule has 7 nitrogen and oxygen atoms in total. The highest BCUT2D eigenvalue weighted by molar-refractivity contribution is 6.42. The van der Waals surface area contributed by atoms with Crippen LogP contribution in [0.3, 0.4) is 0 Å². The van der Waals surface area contributed by atoms with Crippen molar-refractivity contribution < 1.29 is 13.9 Å². The van der Waals surface area contributed by atoms with Gasteiger partial charge in [-0.25, -0.2) is 19.2 Å². The fourth-order valence-corrected chi connectivity index (χ4v) is 3.50. The Morgan fingerprint density at radius 2 is 2.00 bits per heavy atom. The molecule has 1 aromatic carbocycles. The molecule has 1 N–H and O–H groups in total. The number of rotatable bonds is 3. The zero-order valence-corrected chi connectivity index (χ0v) is 19.1.